The van der Waals surface area contributed by atoms with Gasteiger partial charge in [0.25, 0.3) is 0 Å². The van der Waals surface area contributed by atoms with Crippen LogP contribution >= 0.6 is 0 Å². The summed E-state index contributed by atoms with van der Waals surface area (Å²) in [5.41, 5.74) is 1.95. The largest absolute Gasteiger partial charge is 0.261 e. The first kappa shape index (κ1) is 11.6. The number of hydrogen-bond acceptors (Lipinski definition) is 4. The van der Waals surface area contributed by atoms with Crippen LogP contribution in [-0.4, -0.2) is 20.2 Å². The van der Waals surface area contributed by atoms with Crippen LogP contribution in [0, 0.1) is 0 Å². The van der Waals surface area contributed by atoms with E-state index in [1.165, 1.54) is 0 Å². The van der Waals surface area contributed by atoms with E-state index in [1.54, 1.807) is 18.6 Å². The van der Waals surface area contributed by atoms with Crippen LogP contribution in [0.15, 0.2) is 36.9 Å². The van der Waals surface area contributed by atoms with Crippen molar-refractivity contribution in [3.8, 4) is 0 Å². The highest BCUT2D eigenvalue weighted by atomic mass is 15.1. The zero-order valence-electron chi connectivity index (χ0n) is 9.95. The lowest BCUT2D eigenvalue weighted by Gasteiger charge is -2.14. The van der Waals surface area contributed by atoms with Gasteiger partial charge in [-0.2, -0.15) is 10.2 Å². The van der Waals surface area contributed by atoms with Crippen molar-refractivity contribution in [3.05, 3.63) is 48.3 Å². The molecule has 2 aromatic rings. The van der Waals surface area contributed by atoms with Gasteiger partial charge >= 0.3 is 0 Å². The van der Waals surface area contributed by atoms with Gasteiger partial charge in [-0.05, 0) is 18.6 Å². The number of nitrogens with zero attached hydrogens (tertiary/aromatic N) is 4. The zero-order chi connectivity index (χ0) is 11.9. The summed E-state index contributed by atoms with van der Waals surface area (Å²) in [6.07, 6.45) is 10.3. The number of hydrogen-bond donors (Lipinski definition) is 0. The lowest BCUT2D eigenvalue weighted by atomic mass is 9.95. The Bertz CT molecular complexity index is 390. The molecule has 0 amide bonds. The third-order valence-electron chi connectivity index (χ3n) is 2.74. The first-order valence-electron chi connectivity index (χ1n) is 5.95. The molecule has 0 saturated carbocycles. The Balaban J connectivity index is 2.26. The summed E-state index contributed by atoms with van der Waals surface area (Å²) in [7, 11) is 0. The van der Waals surface area contributed by atoms with Crippen molar-refractivity contribution in [2.75, 3.05) is 0 Å². The number of unbranched alkanes of at least 4 members (excludes halogenated alkanes) is 1. The Morgan fingerprint density at radius 2 is 2.12 bits per heavy atom. The normalized spacial score (nSPS) is 12.3. The third-order valence-corrected chi connectivity index (χ3v) is 2.74. The van der Waals surface area contributed by atoms with Gasteiger partial charge < -0.3 is 0 Å². The molecule has 88 valence electrons. The van der Waals surface area contributed by atoms with Crippen molar-refractivity contribution in [2.24, 2.45) is 0 Å². The van der Waals surface area contributed by atoms with Crippen LogP contribution in [0.4, 0.5) is 0 Å². The molecule has 0 bridgehead atoms. The van der Waals surface area contributed by atoms with Gasteiger partial charge in [-0.1, -0.05) is 19.8 Å². The summed E-state index contributed by atoms with van der Waals surface area (Å²) in [5.74, 6) is 0.206. The smallest absolute Gasteiger partial charge is 0.0722 e. The Hall–Kier alpha value is -1.84. The predicted molar refractivity (Wildman–Crippen MR) is 65.4 cm³/mol. The van der Waals surface area contributed by atoms with E-state index in [-0.39, 0.29) is 5.92 Å². The van der Waals surface area contributed by atoms with Crippen LogP contribution in [0.2, 0.25) is 0 Å². The van der Waals surface area contributed by atoms with E-state index in [9.17, 15) is 0 Å². The van der Waals surface area contributed by atoms with E-state index in [2.05, 4.69) is 27.1 Å². The highest BCUT2D eigenvalue weighted by molar-refractivity contribution is 5.19. The van der Waals surface area contributed by atoms with Gasteiger partial charge in [0.1, 0.15) is 0 Å². The molecule has 0 saturated heterocycles. The minimum atomic E-state index is 0.206. The van der Waals surface area contributed by atoms with E-state index < -0.39 is 0 Å². The van der Waals surface area contributed by atoms with Gasteiger partial charge in [-0.3, -0.25) is 9.97 Å². The molecule has 0 N–H and O–H groups in total. The van der Waals surface area contributed by atoms with Crippen molar-refractivity contribution >= 4 is 0 Å². The SMILES string of the molecule is CCCCC(c1cnccn1)c1cccnn1. The lowest BCUT2D eigenvalue weighted by Crippen LogP contribution is -2.06. The molecule has 2 heterocycles. The van der Waals surface area contributed by atoms with Crippen molar-refractivity contribution in [1.29, 1.82) is 0 Å². The molecule has 0 radical (unpaired) electrons. The highest BCUT2D eigenvalue weighted by Crippen LogP contribution is 2.25. The Morgan fingerprint density at radius 3 is 2.76 bits per heavy atom. The molecule has 2 rings (SSSR count). The van der Waals surface area contributed by atoms with Crippen molar-refractivity contribution in [1.82, 2.24) is 20.2 Å². The molecule has 0 fully saturated rings. The topological polar surface area (TPSA) is 51.6 Å². The Morgan fingerprint density at radius 1 is 1.18 bits per heavy atom. The minimum absolute atomic E-state index is 0.206. The van der Waals surface area contributed by atoms with Gasteiger partial charge in [0.05, 0.1) is 11.4 Å². The maximum atomic E-state index is 4.38. The van der Waals surface area contributed by atoms with Gasteiger partial charge in [0, 0.05) is 30.7 Å². The van der Waals surface area contributed by atoms with Gasteiger partial charge in [-0.15, -0.1) is 0 Å². The monoisotopic (exact) mass is 228 g/mol. The maximum absolute atomic E-state index is 4.38. The van der Waals surface area contributed by atoms with Crippen LogP contribution in [0.1, 0.15) is 43.5 Å². The van der Waals surface area contributed by atoms with Gasteiger partial charge in [0.15, 0.2) is 0 Å². The lowest BCUT2D eigenvalue weighted by molar-refractivity contribution is 0.615. The van der Waals surface area contributed by atoms with Crippen LogP contribution < -0.4 is 0 Å². The fraction of sp³-hybridized carbons (Fsp3) is 0.385. The van der Waals surface area contributed by atoms with Crippen LogP contribution in [-0.2, 0) is 0 Å². The number of aromatic nitrogens is 4. The molecule has 0 aliphatic heterocycles. The highest BCUT2D eigenvalue weighted by Gasteiger charge is 2.16. The quantitative estimate of drug-likeness (QED) is 0.789. The predicted octanol–water partition coefficient (Wildman–Crippen LogP) is 2.59. The molecular formula is C13H16N4. The van der Waals surface area contributed by atoms with Crippen LogP contribution in [0.25, 0.3) is 0 Å². The van der Waals surface area contributed by atoms with Crippen LogP contribution in [0.5, 0.6) is 0 Å². The average molecular weight is 228 g/mol. The Labute approximate surface area is 101 Å². The summed E-state index contributed by atoms with van der Waals surface area (Å²) in [6.45, 7) is 2.18. The fourth-order valence-corrected chi connectivity index (χ4v) is 1.85. The minimum Gasteiger partial charge on any atom is -0.261 e. The second-order valence-corrected chi connectivity index (χ2v) is 3.97. The standard InChI is InChI=1S/C13H16N4/c1-2-3-5-11(12-6-4-7-16-17-12)13-10-14-8-9-15-13/h4,6-11H,2-3,5H2,1H3. The Kier molecular flexibility index (Phi) is 4.13. The molecule has 4 nitrogen and oxygen atoms in total. The summed E-state index contributed by atoms with van der Waals surface area (Å²) < 4.78 is 0. The molecular weight excluding hydrogens is 212 g/mol. The molecule has 0 spiro atoms. The molecule has 0 aromatic carbocycles. The molecule has 2 aromatic heterocycles. The van der Waals surface area contributed by atoms with Crippen LogP contribution in [0.3, 0.4) is 0 Å². The summed E-state index contributed by atoms with van der Waals surface area (Å²) in [6, 6.07) is 3.92. The first-order chi connectivity index (χ1) is 8.42. The summed E-state index contributed by atoms with van der Waals surface area (Å²) >= 11 is 0. The van der Waals surface area contributed by atoms with E-state index in [0.717, 1.165) is 30.7 Å². The first-order valence-corrected chi connectivity index (χ1v) is 5.95. The van der Waals surface area contributed by atoms with Gasteiger partial charge in [0.2, 0.25) is 0 Å². The van der Waals surface area contributed by atoms with Crippen molar-refractivity contribution in [3.63, 3.8) is 0 Å². The second-order valence-electron chi connectivity index (χ2n) is 3.97. The van der Waals surface area contributed by atoms with E-state index in [1.807, 2.05) is 18.3 Å². The van der Waals surface area contributed by atoms with Crippen molar-refractivity contribution < 1.29 is 0 Å². The number of rotatable bonds is 5. The summed E-state index contributed by atoms with van der Waals surface area (Å²) in [4.78, 5) is 8.51. The van der Waals surface area contributed by atoms with Crippen molar-refractivity contribution in [2.45, 2.75) is 32.1 Å². The average Bonchev–Trinajstić information content (AvgIpc) is 2.42. The molecule has 1 atom stereocenters. The molecule has 0 aliphatic rings. The zero-order valence-corrected chi connectivity index (χ0v) is 9.95. The third kappa shape index (κ3) is 3.06. The maximum Gasteiger partial charge on any atom is 0.0722 e. The molecule has 0 aliphatic carbocycles. The van der Waals surface area contributed by atoms with E-state index >= 15 is 0 Å². The molecule has 17 heavy (non-hydrogen) atoms. The van der Waals surface area contributed by atoms with Gasteiger partial charge in [-0.25, -0.2) is 0 Å². The summed E-state index contributed by atoms with van der Waals surface area (Å²) in [5, 5.41) is 8.13. The fourth-order valence-electron chi connectivity index (χ4n) is 1.85. The van der Waals surface area contributed by atoms with E-state index in [4.69, 9.17) is 0 Å². The van der Waals surface area contributed by atoms with E-state index in [0.29, 0.717) is 0 Å². The molecule has 1 unspecified atom stereocenters. The molecule has 4 heteroatoms. The second kappa shape index (κ2) is 6.03.